The molecule has 1 amide bonds. The van der Waals surface area contributed by atoms with Crippen molar-refractivity contribution >= 4 is 87.1 Å². The number of carbonyl (C=O) groups excluding carboxylic acids is 1. The molecule has 13 heteroatoms. The molecule has 0 spiro atoms. The number of nitrogens with one attached hydrogen (secondary N) is 1. The van der Waals surface area contributed by atoms with Crippen LogP contribution < -0.4 is 5.32 Å². The molecule has 0 bridgehead atoms. The summed E-state index contributed by atoms with van der Waals surface area (Å²) in [6, 6.07) is 3.62. The second-order valence-electron chi connectivity index (χ2n) is 4.94. The van der Waals surface area contributed by atoms with E-state index in [0.29, 0.717) is 0 Å². The van der Waals surface area contributed by atoms with E-state index in [9.17, 15) is 9.18 Å². The van der Waals surface area contributed by atoms with Crippen molar-refractivity contribution in [2.45, 2.75) is 7.59 Å². The quantitative estimate of drug-likeness (QED) is 0.562. The van der Waals surface area contributed by atoms with E-state index in [4.69, 9.17) is 81.2 Å². The van der Waals surface area contributed by atoms with E-state index in [1.807, 2.05) is 0 Å². The van der Waals surface area contributed by atoms with Gasteiger partial charge >= 0.3 is 0 Å². The number of nitrogens with zero attached hydrogens (tertiary/aromatic N) is 3. The van der Waals surface area contributed by atoms with E-state index in [0.717, 1.165) is 6.07 Å². The highest BCUT2D eigenvalue weighted by Crippen LogP contribution is 2.40. The molecule has 1 heterocycles. The lowest BCUT2D eigenvalue weighted by molar-refractivity contribution is 0.0955. The number of alkyl halides is 7. The fourth-order valence-electron chi connectivity index (χ4n) is 1.85. The first-order chi connectivity index (χ1) is 12.4. The van der Waals surface area contributed by atoms with Gasteiger partial charge in [-0.3, -0.25) is 4.79 Å². The van der Waals surface area contributed by atoms with Crippen LogP contribution in [0.15, 0.2) is 18.2 Å². The Morgan fingerprint density at radius 2 is 1.56 bits per heavy atom. The van der Waals surface area contributed by atoms with Crippen LogP contribution in [0.3, 0.4) is 0 Å². The molecule has 2 rings (SSSR count). The van der Waals surface area contributed by atoms with E-state index >= 15 is 0 Å². The summed E-state index contributed by atoms with van der Waals surface area (Å²) >= 11 is 40.2. The van der Waals surface area contributed by atoms with Crippen LogP contribution in [0.4, 0.5) is 4.39 Å². The van der Waals surface area contributed by atoms with E-state index in [1.54, 1.807) is 0 Å². The predicted octanol–water partition coefficient (Wildman–Crippen LogP) is 5.30. The van der Waals surface area contributed by atoms with E-state index in [2.05, 4.69) is 20.3 Å². The topological polar surface area (TPSA) is 67.8 Å². The molecule has 1 N–H and O–H groups in total. The highest BCUT2D eigenvalue weighted by Gasteiger charge is 2.34. The number of benzene rings is 1. The maximum absolute atomic E-state index is 14.6. The minimum Gasteiger partial charge on any atom is -0.351 e. The summed E-state index contributed by atoms with van der Waals surface area (Å²) in [7, 11) is 0. The van der Waals surface area contributed by atoms with Crippen molar-refractivity contribution in [3.8, 4) is 11.4 Å². The number of amides is 1. The normalized spacial score (nSPS) is 12.1. The van der Waals surface area contributed by atoms with Crippen LogP contribution in [-0.2, 0) is 7.59 Å². The van der Waals surface area contributed by atoms with E-state index in [-0.39, 0.29) is 41.0 Å². The molecule has 0 aliphatic rings. The molecule has 0 fully saturated rings. The van der Waals surface area contributed by atoms with Gasteiger partial charge in [-0.1, -0.05) is 69.6 Å². The molecule has 1 aromatic heterocycles. The van der Waals surface area contributed by atoms with Crippen molar-refractivity contribution in [1.29, 1.82) is 0 Å². The molecule has 0 aliphatic carbocycles. The zero-order chi connectivity index (χ0) is 20.4. The molecule has 146 valence electrons. The van der Waals surface area contributed by atoms with Crippen LogP contribution in [0.5, 0.6) is 0 Å². The Kier molecular flexibility index (Phi) is 7.64. The van der Waals surface area contributed by atoms with Gasteiger partial charge in [-0.05, 0) is 18.2 Å². The summed E-state index contributed by atoms with van der Waals surface area (Å²) in [6.45, 7) is 0.233. The molecular weight excluding hydrogens is 507 g/mol. The molecule has 2 aromatic rings. The van der Waals surface area contributed by atoms with Crippen LogP contribution in [0.25, 0.3) is 11.4 Å². The largest absolute Gasteiger partial charge is 0.351 e. The molecule has 0 saturated heterocycles. The number of carbonyl (C=O) groups is 1. The zero-order valence-electron chi connectivity index (χ0n) is 12.9. The lowest BCUT2D eigenvalue weighted by Crippen LogP contribution is -2.25. The Balaban J connectivity index is 2.52. The summed E-state index contributed by atoms with van der Waals surface area (Å²) in [4.78, 5) is 23.5. The second kappa shape index (κ2) is 8.99. The highest BCUT2D eigenvalue weighted by atomic mass is 35.6. The first kappa shape index (κ1) is 22.9. The molecule has 0 saturated carbocycles. The average Bonchev–Trinajstić information content (AvgIpc) is 2.57. The SMILES string of the molecule is O=C(NCCCl)c1ccc(-c2nc(C(Cl)(Cl)Cl)nc(C(Cl)(Cl)Cl)n2)c(F)c1. The van der Waals surface area contributed by atoms with Gasteiger partial charge in [0.1, 0.15) is 5.82 Å². The molecule has 0 aliphatic heterocycles. The van der Waals surface area contributed by atoms with Gasteiger partial charge in [0.15, 0.2) is 17.5 Å². The first-order valence-electron chi connectivity index (χ1n) is 6.98. The Bertz CT molecular complexity index is 822. The molecular formula is C14H8Cl7FN4O. The van der Waals surface area contributed by atoms with Gasteiger partial charge in [0.25, 0.3) is 5.91 Å². The number of rotatable bonds is 4. The Labute approximate surface area is 188 Å². The third kappa shape index (κ3) is 6.07. The Morgan fingerprint density at radius 1 is 1.00 bits per heavy atom. The number of halogens is 8. The maximum Gasteiger partial charge on any atom is 0.251 e. The van der Waals surface area contributed by atoms with Crippen molar-refractivity contribution in [2.75, 3.05) is 12.4 Å². The van der Waals surface area contributed by atoms with Gasteiger partial charge in [-0.25, -0.2) is 19.3 Å². The van der Waals surface area contributed by atoms with Crippen molar-refractivity contribution in [1.82, 2.24) is 20.3 Å². The van der Waals surface area contributed by atoms with Crippen LogP contribution >= 0.6 is 81.2 Å². The maximum atomic E-state index is 14.6. The Hall–Kier alpha value is -0.340. The summed E-state index contributed by atoms with van der Waals surface area (Å²) in [6.07, 6.45) is 0. The van der Waals surface area contributed by atoms with Crippen LogP contribution in [0.2, 0.25) is 0 Å². The number of aromatic nitrogens is 3. The van der Waals surface area contributed by atoms with Crippen LogP contribution in [-0.4, -0.2) is 33.3 Å². The zero-order valence-corrected chi connectivity index (χ0v) is 18.2. The summed E-state index contributed by atoms with van der Waals surface area (Å²) in [5, 5.41) is 2.51. The molecule has 1 aromatic carbocycles. The highest BCUT2D eigenvalue weighted by molar-refractivity contribution is 6.67. The minimum absolute atomic E-state index is 0.0682. The smallest absolute Gasteiger partial charge is 0.251 e. The van der Waals surface area contributed by atoms with Crippen molar-refractivity contribution in [2.24, 2.45) is 0 Å². The van der Waals surface area contributed by atoms with Crippen molar-refractivity contribution < 1.29 is 9.18 Å². The van der Waals surface area contributed by atoms with Gasteiger partial charge in [-0.15, -0.1) is 11.6 Å². The number of hydrogen-bond acceptors (Lipinski definition) is 4. The van der Waals surface area contributed by atoms with Gasteiger partial charge in [0.2, 0.25) is 7.59 Å². The fourth-order valence-corrected chi connectivity index (χ4v) is 2.45. The van der Waals surface area contributed by atoms with Gasteiger partial charge in [0.05, 0.1) is 5.56 Å². The fraction of sp³-hybridized carbons (Fsp3) is 0.286. The average molecular weight is 515 g/mol. The van der Waals surface area contributed by atoms with Crippen molar-refractivity contribution in [3.63, 3.8) is 0 Å². The van der Waals surface area contributed by atoms with E-state index < -0.39 is 19.3 Å². The van der Waals surface area contributed by atoms with Gasteiger partial charge in [0, 0.05) is 18.0 Å². The monoisotopic (exact) mass is 512 g/mol. The first-order valence-corrected chi connectivity index (χ1v) is 9.78. The summed E-state index contributed by atoms with van der Waals surface area (Å²) in [5.41, 5.74) is -0.0454. The Morgan fingerprint density at radius 3 is 2.00 bits per heavy atom. The standard InChI is InChI=1S/C14H8Cl7FN4O/c15-3-4-23-10(27)6-1-2-7(8(22)5-6)9-24-11(13(16,17)18)26-12(25-9)14(19,20)21/h1-2,5H,3-4H2,(H,23,27). The molecule has 0 radical (unpaired) electrons. The molecule has 5 nitrogen and oxygen atoms in total. The van der Waals surface area contributed by atoms with Crippen LogP contribution in [0, 0.1) is 5.82 Å². The third-order valence-corrected chi connectivity index (χ3v) is 4.20. The van der Waals surface area contributed by atoms with E-state index in [1.165, 1.54) is 12.1 Å². The molecule has 27 heavy (non-hydrogen) atoms. The van der Waals surface area contributed by atoms with Crippen LogP contribution in [0.1, 0.15) is 22.0 Å². The molecule has 0 atom stereocenters. The number of hydrogen-bond donors (Lipinski definition) is 1. The molecule has 0 unspecified atom stereocenters. The summed E-state index contributed by atoms with van der Waals surface area (Å²) < 4.78 is 10.4. The van der Waals surface area contributed by atoms with Gasteiger partial charge < -0.3 is 5.32 Å². The minimum atomic E-state index is -2.07. The second-order valence-corrected chi connectivity index (χ2v) is 9.88. The van der Waals surface area contributed by atoms with Crippen molar-refractivity contribution in [3.05, 3.63) is 41.2 Å². The lowest BCUT2D eigenvalue weighted by atomic mass is 10.1. The lowest BCUT2D eigenvalue weighted by Gasteiger charge is -2.16. The van der Waals surface area contributed by atoms with Gasteiger partial charge in [-0.2, -0.15) is 0 Å². The summed E-state index contributed by atoms with van der Waals surface area (Å²) in [5.74, 6) is -2.05. The predicted molar refractivity (Wildman–Crippen MR) is 107 cm³/mol. The third-order valence-electron chi connectivity index (χ3n) is 2.99.